The van der Waals surface area contributed by atoms with Crippen LogP contribution in [0.5, 0.6) is 0 Å². The number of nitrogens with two attached hydrogens (primary N) is 1. The fourth-order valence-corrected chi connectivity index (χ4v) is 1.23. The summed E-state index contributed by atoms with van der Waals surface area (Å²) in [5.74, 6) is -0.935. The van der Waals surface area contributed by atoms with E-state index >= 15 is 0 Å². The van der Waals surface area contributed by atoms with Gasteiger partial charge in [-0.2, -0.15) is 0 Å². The van der Waals surface area contributed by atoms with E-state index in [0.29, 0.717) is 5.56 Å². The summed E-state index contributed by atoms with van der Waals surface area (Å²) in [4.78, 5) is 14.9. The number of aliphatic hydroxyl groups is 2. The Morgan fingerprint density at radius 1 is 1.56 bits per heavy atom. The van der Waals surface area contributed by atoms with Crippen molar-refractivity contribution < 1.29 is 19.7 Å². The fraction of sp³-hybridized carbons (Fsp3) is 0.400. The van der Waals surface area contributed by atoms with Crippen LogP contribution in [0.3, 0.4) is 0 Å². The Bertz CT molecular complexity index is 394. The maximum absolute atomic E-state index is 11.0. The lowest BCUT2D eigenvalue weighted by Crippen LogP contribution is -2.30. The number of carbonyl (C=O) groups is 1. The summed E-state index contributed by atoms with van der Waals surface area (Å²) < 4.78 is 4.31. The van der Waals surface area contributed by atoms with Gasteiger partial charge >= 0.3 is 5.97 Å². The second kappa shape index (κ2) is 4.91. The van der Waals surface area contributed by atoms with Gasteiger partial charge in [-0.3, -0.25) is 4.98 Å². The summed E-state index contributed by atoms with van der Waals surface area (Å²) in [5.41, 5.74) is 6.70. The molecule has 0 aliphatic carbocycles. The summed E-state index contributed by atoms with van der Waals surface area (Å²) in [7, 11) is 1.12. The molecular formula is C10H14N2O4. The molecule has 0 fully saturated rings. The average Bonchev–Trinajstić information content (AvgIpc) is 2.29. The van der Waals surface area contributed by atoms with Crippen molar-refractivity contribution in [1.82, 2.24) is 4.98 Å². The van der Waals surface area contributed by atoms with Gasteiger partial charge in [0.05, 0.1) is 18.5 Å². The molecule has 6 nitrogen and oxygen atoms in total. The van der Waals surface area contributed by atoms with Crippen molar-refractivity contribution in [2.24, 2.45) is 0 Å². The van der Waals surface area contributed by atoms with Crippen LogP contribution in [0.4, 0.5) is 5.69 Å². The maximum Gasteiger partial charge on any atom is 0.337 e. The number of methoxy groups -OCH3 is 1. The summed E-state index contributed by atoms with van der Waals surface area (Å²) in [6.45, 7) is 1.73. The number of nitrogens with zero attached hydrogens (tertiary/aromatic N) is 1. The van der Waals surface area contributed by atoms with Crippen LogP contribution >= 0.6 is 0 Å². The maximum atomic E-state index is 11.0. The molecule has 1 rings (SSSR count). The number of aromatic nitrogens is 1. The highest BCUT2D eigenvalue weighted by atomic mass is 16.5. The molecule has 1 heterocycles. The predicted molar refractivity (Wildman–Crippen MR) is 56.4 cm³/mol. The van der Waals surface area contributed by atoms with E-state index in [1.807, 2.05) is 0 Å². The molecular weight excluding hydrogens is 212 g/mol. The molecule has 1 aromatic heterocycles. The Hall–Kier alpha value is -1.66. The number of rotatable bonds is 3. The molecule has 0 aliphatic heterocycles. The largest absolute Gasteiger partial charge is 0.467 e. The van der Waals surface area contributed by atoms with Gasteiger partial charge in [-0.15, -0.1) is 0 Å². The fourth-order valence-electron chi connectivity index (χ4n) is 1.23. The highest BCUT2D eigenvalue weighted by molar-refractivity contribution is 5.75. The first-order chi connectivity index (χ1) is 7.49. The van der Waals surface area contributed by atoms with Crippen LogP contribution < -0.4 is 5.73 Å². The third-order valence-corrected chi connectivity index (χ3v) is 2.26. The lowest BCUT2D eigenvalue weighted by molar-refractivity contribution is -0.156. The quantitative estimate of drug-likeness (QED) is 0.602. The van der Waals surface area contributed by atoms with Gasteiger partial charge in [0.1, 0.15) is 6.10 Å². The summed E-state index contributed by atoms with van der Waals surface area (Å²) in [6.07, 6.45) is -1.75. The topological polar surface area (TPSA) is 106 Å². The van der Waals surface area contributed by atoms with Crippen LogP contribution in [-0.2, 0) is 9.53 Å². The van der Waals surface area contributed by atoms with Gasteiger partial charge < -0.3 is 20.7 Å². The molecule has 16 heavy (non-hydrogen) atoms. The van der Waals surface area contributed by atoms with E-state index in [2.05, 4.69) is 9.72 Å². The smallest absolute Gasteiger partial charge is 0.337 e. The van der Waals surface area contributed by atoms with Crippen LogP contribution in [0.15, 0.2) is 12.3 Å². The van der Waals surface area contributed by atoms with E-state index in [9.17, 15) is 15.0 Å². The van der Waals surface area contributed by atoms with Crippen molar-refractivity contribution in [2.45, 2.75) is 19.1 Å². The molecule has 0 saturated carbocycles. The molecule has 2 unspecified atom stereocenters. The molecule has 88 valence electrons. The second-order valence-corrected chi connectivity index (χ2v) is 3.34. The Labute approximate surface area is 92.7 Å². The first-order valence-corrected chi connectivity index (χ1v) is 4.64. The van der Waals surface area contributed by atoms with Gasteiger partial charge in [0, 0.05) is 6.20 Å². The van der Waals surface area contributed by atoms with E-state index in [1.165, 1.54) is 6.20 Å². The molecule has 1 aromatic rings. The molecule has 0 spiro atoms. The minimum atomic E-state index is -1.69. The van der Waals surface area contributed by atoms with Gasteiger partial charge in [-0.05, 0) is 18.6 Å². The minimum Gasteiger partial charge on any atom is -0.467 e. The Morgan fingerprint density at radius 3 is 2.75 bits per heavy atom. The molecule has 0 aliphatic rings. The molecule has 0 saturated heterocycles. The summed E-state index contributed by atoms with van der Waals surface area (Å²) >= 11 is 0. The lowest BCUT2D eigenvalue weighted by atomic mass is 10.1. The van der Waals surface area contributed by atoms with E-state index in [1.54, 1.807) is 13.0 Å². The first kappa shape index (κ1) is 12.4. The predicted octanol–water partition coefficient (Wildman–Crippen LogP) is -0.460. The third-order valence-electron chi connectivity index (χ3n) is 2.26. The minimum absolute atomic E-state index is 0.0675. The molecule has 6 heteroatoms. The van der Waals surface area contributed by atoms with Crippen molar-refractivity contribution in [1.29, 1.82) is 0 Å². The third kappa shape index (κ3) is 2.29. The SMILES string of the molecule is COC(=O)C(O)C(O)c1nccc(C)c1N. The molecule has 0 radical (unpaired) electrons. The van der Waals surface area contributed by atoms with Crippen molar-refractivity contribution in [3.05, 3.63) is 23.5 Å². The summed E-state index contributed by atoms with van der Waals surface area (Å²) in [6, 6.07) is 1.66. The molecule has 2 atom stereocenters. The summed E-state index contributed by atoms with van der Waals surface area (Å²) in [5, 5.41) is 19.1. The number of ether oxygens (including phenoxy) is 1. The number of aryl methyl sites for hydroxylation is 1. The average molecular weight is 226 g/mol. The van der Waals surface area contributed by atoms with Crippen LogP contribution in [0.2, 0.25) is 0 Å². The molecule has 0 amide bonds. The van der Waals surface area contributed by atoms with Crippen LogP contribution in [0.25, 0.3) is 0 Å². The molecule has 4 N–H and O–H groups in total. The van der Waals surface area contributed by atoms with E-state index in [-0.39, 0.29) is 11.4 Å². The number of pyridine rings is 1. The molecule has 0 bridgehead atoms. The number of aliphatic hydroxyl groups excluding tert-OH is 2. The Morgan fingerprint density at radius 2 is 2.19 bits per heavy atom. The van der Waals surface area contributed by atoms with Crippen LogP contribution in [0.1, 0.15) is 17.4 Å². The van der Waals surface area contributed by atoms with E-state index in [4.69, 9.17) is 5.73 Å². The van der Waals surface area contributed by atoms with Gasteiger partial charge in [-0.25, -0.2) is 4.79 Å². The van der Waals surface area contributed by atoms with Crippen molar-refractivity contribution in [3.63, 3.8) is 0 Å². The standard InChI is InChI=1S/C10H14N2O4/c1-5-3-4-12-7(6(5)11)8(13)9(14)10(15)16-2/h3-4,8-9,13-14H,11H2,1-2H3. The number of nitrogen functional groups attached to an aromatic ring is 1. The Kier molecular flexibility index (Phi) is 3.81. The van der Waals surface area contributed by atoms with Crippen molar-refractivity contribution in [2.75, 3.05) is 12.8 Å². The zero-order chi connectivity index (χ0) is 12.3. The van der Waals surface area contributed by atoms with Gasteiger partial charge in [0.15, 0.2) is 6.10 Å². The zero-order valence-electron chi connectivity index (χ0n) is 9.04. The lowest BCUT2D eigenvalue weighted by Gasteiger charge is -2.17. The second-order valence-electron chi connectivity index (χ2n) is 3.34. The highest BCUT2D eigenvalue weighted by Crippen LogP contribution is 2.23. The van der Waals surface area contributed by atoms with Crippen molar-refractivity contribution >= 4 is 11.7 Å². The first-order valence-electron chi connectivity index (χ1n) is 4.64. The number of carbonyl (C=O) groups excluding carboxylic acids is 1. The Balaban J connectivity index is 3.00. The monoisotopic (exact) mass is 226 g/mol. The molecule has 0 aromatic carbocycles. The zero-order valence-corrected chi connectivity index (χ0v) is 9.04. The van der Waals surface area contributed by atoms with Crippen molar-refractivity contribution in [3.8, 4) is 0 Å². The van der Waals surface area contributed by atoms with E-state index in [0.717, 1.165) is 7.11 Å². The van der Waals surface area contributed by atoms with E-state index < -0.39 is 18.2 Å². The van der Waals surface area contributed by atoms with Gasteiger partial charge in [0.25, 0.3) is 0 Å². The van der Waals surface area contributed by atoms with Crippen LogP contribution in [0, 0.1) is 6.92 Å². The number of hydrogen-bond acceptors (Lipinski definition) is 6. The number of anilines is 1. The van der Waals surface area contributed by atoms with Crippen LogP contribution in [-0.4, -0.2) is 34.4 Å². The van der Waals surface area contributed by atoms with Gasteiger partial charge in [-0.1, -0.05) is 0 Å². The normalized spacial score (nSPS) is 14.2. The number of esters is 1. The highest BCUT2D eigenvalue weighted by Gasteiger charge is 2.29. The number of hydrogen-bond donors (Lipinski definition) is 3. The van der Waals surface area contributed by atoms with Gasteiger partial charge in [0.2, 0.25) is 0 Å².